The zero-order valence-electron chi connectivity index (χ0n) is 12.1. The monoisotopic (exact) mass is 288 g/mol. The molecule has 0 aromatic heterocycles. The molecule has 2 amide bonds. The molecule has 0 aliphatic heterocycles. The zero-order chi connectivity index (χ0) is 15.9. The van der Waals surface area contributed by atoms with E-state index in [9.17, 15) is 14.4 Å². The lowest BCUT2D eigenvalue weighted by Gasteiger charge is -2.20. The summed E-state index contributed by atoms with van der Waals surface area (Å²) in [6.07, 6.45) is 0.610. The fraction of sp³-hybridized carbons (Fsp3) is 0.750. The summed E-state index contributed by atoms with van der Waals surface area (Å²) in [7, 11) is 0. The molecule has 4 atom stereocenters. The largest absolute Gasteiger partial charge is 0.480 e. The Morgan fingerprint density at radius 3 is 2.15 bits per heavy atom. The highest BCUT2D eigenvalue weighted by molar-refractivity contribution is 5.89. The molecule has 116 valence electrons. The Bertz CT molecular complexity index is 359. The molecule has 7 N–H and O–H groups in total. The Balaban J connectivity index is 4.35. The molecule has 0 aromatic carbocycles. The Labute approximate surface area is 118 Å². The van der Waals surface area contributed by atoms with E-state index in [-0.39, 0.29) is 12.5 Å². The number of rotatable bonds is 8. The molecule has 0 saturated heterocycles. The van der Waals surface area contributed by atoms with Crippen LogP contribution in [0, 0.1) is 5.92 Å². The first-order valence-corrected chi connectivity index (χ1v) is 6.51. The lowest BCUT2D eigenvalue weighted by molar-refractivity contribution is -0.143. The molecule has 0 aromatic rings. The predicted octanol–water partition coefficient (Wildman–Crippen LogP) is -1.61. The van der Waals surface area contributed by atoms with Crippen LogP contribution in [-0.4, -0.2) is 47.6 Å². The van der Waals surface area contributed by atoms with E-state index >= 15 is 0 Å². The van der Waals surface area contributed by atoms with E-state index in [0.29, 0.717) is 6.42 Å². The van der Waals surface area contributed by atoms with Crippen LogP contribution in [0.4, 0.5) is 0 Å². The molecule has 8 heteroatoms. The van der Waals surface area contributed by atoms with Crippen molar-refractivity contribution < 1.29 is 19.5 Å². The van der Waals surface area contributed by atoms with Gasteiger partial charge in [-0.1, -0.05) is 20.3 Å². The topological polar surface area (TPSA) is 148 Å². The van der Waals surface area contributed by atoms with E-state index in [2.05, 4.69) is 10.6 Å². The molecule has 0 fully saturated rings. The normalized spacial score (nSPS) is 16.6. The van der Waals surface area contributed by atoms with Crippen LogP contribution in [0.1, 0.15) is 27.2 Å². The first kappa shape index (κ1) is 18.3. The van der Waals surface area contributed by atoms with Gasteiger partial charge in [-0.2, -0.15) is 0 Å². The van der Waals surface area contributed by atoms with Crippen LogP contribution in [0.15, 0.2) is 0 Å². The SMILES string of the molecule is CC[C@H](C)[C@H](NC(=O)CNC(=O)[C@@H](N)C(C)N)C(=O)O. The highest BCUT2D eigenvalue weighted by Gasteiger charge is 2.25. The molecule has 0 spiro atoms. The molecule has 0 radical (unpaired) electrons. The maximum atomic E-state index is 11.6. The number of carboxylic acids is 1. The van der Waals surface area contributed by atoms with Gasteiger partial charge in [-0.3, -0.25) is 9.59 Å². The van der Waals surface area contributed by atoms with Gasteiger partial charge in [0.25, 0.3) is 0 Å². The Morgan fingerprint density at radius 2 is 1.75 bits per heavy atom. The second-order valence-corrected chi connectivity index (χ2v) is 4.87. The maximum Gasteiger partial charge on any atom is 0.326 e. The molecule has 8 nitrogen and oxygen atoms in total. The summed E-state index contributed by atoms with van der Waals surface area (Å²) < 4.78 is 0. The highest BCUT2D eigenvalue weighted by Crippen LogP contribution is 2.07. The fourth-order valence-corrected chi connectivity index (χ4v) is 1.43. The highest BCUT2D eigenvalue weighted by atomic mass is 16.4. The smallest absolute Gasteiger partial charge is 0.326 e. The van der Waals surface area contributed by atoms with Crippen molar-refractivity contribution in [2.24, 2.45) is 17.4 Å². The Kier molecular flexibility index (Phi) is 7.78. The fourth-order valence-electron chi connectivity index (χ4n) is 1.43. The van der Waals surface area contributed by atoms with E-state index in [0.717, 1.165) is 0 Å². The number of carbonyl (C=O) groups is 3. The van der Waals surface area contributed by atoms with Gasteiger partial charge < -0.3 is 27.2 Å². The van der Waals surface area contributed by atoms with Gasteiger partial charge in [0.15, 0.2) is 0 Å². The van der Waals surface area contributed by atoms with Crippen LogP contribution in [0.5, 0.6) is 0 Å². The minimum Gasteiger partial charge on any atom is -0.480 e. The van der Waals surface area contributed by atoms with Crippen LogP contribution >= 0.6 is 0 Å². The van der Waals surface area contributed by atoms with Gasteiger partial charge in [-0.05, 0) is 12.8 Å². The summed E-state index contributed by atoms with van der Waals surface area (Å²) in [6.45, 7) is 4.80. The summed E-state index contributed by atoms with van der Waals surface area (Å²) >= 11 is 0. The van der Waals surface area contributed by atoms with E-state index in [1.54, 1.807) is 13.8 Å². The number of carboxylic acid groups (broad SMARTS) is 1. The van der Waals surface area contributed by atoms with Crippen molar-refractivity contribution in [3.05, 3.63) is 0 Å². The number of nitrogens with two attached hydrogens (primary N) is 2. The van der Waals surface area contributed by atoms with E-state index < -0.39 is 35.9 Å². The first-order chi connectivity index (χ1) is 9.20. The van der Waals surface area contributed by atoms with E-state index in [1.807, 2.05) is 6.92 Å². The third-order valence-electron chi connectivity index (χ3n) is 3.09. The molecular formula is C12H24N4O4. The molecular weight excluding hydrogens is 264 g/mol. The molecule has 0 saturated carbocycles. The van der Waals surface area contributed by atoms with Crippen molar-refractivity contribution in [1.82, 2.24) is 10.6 Å². The van der Waals surface area contributed by atoms with Crippen LogP contribution in [-0.2, 0) is 14.4 Å². The van der Waals surface area contributed by atoms with Crippen LogP contribution in [0.3, 0.4) is 0 Å². The third-order valence-corrected chi connectivity index (χ3v) is 3.09. The molecule has 1 unspecified atom stereocenters. The van der Waals surface area contributed by atoms with Crippen LogP contribution < -0.4 is 22.1 Å². The van der Waals surface area contributed by atoms with Crippen LogP contribution in [0.25, 0.3) is 0 Å². The Hall–Kier alpha value is -1.67. The first-order valence-electron chi connectivity index (χ1n) is 6.51. The maximum absolute atomic E-state index is 11.6. The van der Waals surface area contributed by atoms with Crippen molar-refractivity contribution in [3.63, 3.8) is 0 Å². The molecule has 0 rings (SSSR count). The van der Waals surface area contributed by atoms with Crippen molar-refractivity contribution >= 4 is 17.8 Å². The average Bonchev–Trinajstić information content (AvgIpc) is 2.39. The summed E-state index contributed by atoms with van der Waals surface area (Å²) in [5.41, 5.74) is 11.0. The minimum atomic E-state index is -1.11. The number of amides is 2. The van der Waals surface area contributed by atoms with Gasteiger partial charge >= 0.3 is 5.97 Å². The second kappa shape index (κ2) is 8.49. The van der Waals surface area contributed by atoms with Gasteiger partial charge in [0.2, 0.25) is 11.8 Å². The van der Waals surface area contributed by atoms with E-state index in [4.69, 9.17) is 16.6 Å². The van der Waals surface area contributed by atoms with E-state index in [1.165, 1.54) is 0 Å². The van der Waals surface area contributed by atoms with Gasteiger partial charge in [0.1, 0.15) is 6.04 Å². The lowest BCUT2D eigenvalue weighted by atomic mass is 9.99. The third kappa shape index (κ3) is 5.98. The summed E-state index contributed by atoms with van der Waals surface area (Å²) in [5, 5.41) is 13.7. The summed E-state index contributed by atoms with van der Waals surface area (Å²) in [6, 6.07) is -2.43. The predicted molar refractivity (Wildman–Crippen MR) is 73.7 cm³/mol. The number of nitrogens with one attached hydrogen (secondary N) is 2. The van der Waals surface area contributed by atoms with Crippen molar-refractivity contribution in [2.75, 3.05) is 6.54 Å². The number of hydrogen-bond acceptors (Lipinski definition) is 5. The zero-order valence-corrected chi connectivity index (χ0v) is 12.1. The van der Waals surface area contributed by atoms with Crippen molar-refractivity contribution in [3.8, 4) is 0 Å². The summed E-state index contributed by atoms with van der Waals surface area (Å²) in [4.78, 5) is 34.1. The molecule has 0 heterocycles. The van der Waals surface area contributed by atoms with Gasteiger partial charge in [0, 0.05) is 6.04 Å². The number of hydrogen-bond donors (Lipinski definition) is 5. The summed E-state index contributed by atoms with van der Waals surface area (Å²) in [5.74, 6) is -2.45. The van der Waals surface area contributed by atoms with Crippen molar-refractivity contribution in [2.45, 2.75) is 45.3 Å². The molecule has 0 bridgehead atoms. The standard InChI is InChI=1S/C12H24N4O4/c1-4-6(2)10(12(19)20)16-8(17)5-15-11(18)9(14)7(3)13/h6-7,9-10H,4-5,13-14H2,1-3H3,(H,15,18)(H,16,17)(H,19,20)/t6-,7?,9-,10-/m0/s1. The Morgan fingerprint density at radius 1 is 1.20 bits per heavy atom. The number of aliphatic carboxylic acids is 1. The molecule has 0 aliphatic rings. The minimum absolute atomic E-state index is 0.210. The molecule has 20 heavy (non-hydrogen) atoms. The van der Waals surface area contributed by atoms with Crippen molar-refractivity contribution in [1.29, 1.82) is 0 Å². The van der Waals surface area contributed by atoms with Gasteiger partial charge in [0.05, 0.1) is 12.6 Å². The van der Waals surface area contributed by atoms with Gasteiger partial charge in [-0.25, -0.2) is 4.79 Å². The molecule has 0 aliphatic carbocycles. The van der Waals surface area contributed by atoms with Gasteiger partial charge in [-0.15, -0.1) is 0 Å². The lowest BCUT2D eigenvalue weighted by Crippen LogP contribution is -2.53. The van der Waals surface area contributed by atoms with Crippen LogP contribution in [0.2, 0.25) is 0 Å². The number of carbonyl (C=O) groups excluding carboxylic acids is 2. The second-order valence-electron chi connectivity index (χ2n) is 4.87. The quantitative estimate of drug-likeness (QED) is 0.363. The average molecular weight is 288 g/mol.